The largest absolute Gasteiger partial charge is 0.467 e. The van der Waals surface area contributed by atoms with Crippen LogP contribution in [0.2, 0.25) is 36.3 Å². The monoisotopic (exact) mass is 744 g/mol. The van der Waals surface area contributed by atoms with Crippen molar-refractivity contribution in [1.29, 1.82) is 0 Å². The van der Waals surface area contributed by atoms with Crippen LogP contribution in [0.3, 0.4) is 0 Å². The number of carbonyl (C=O) groups is 1. The third-order valence-electron chi connectivity index (χ3n) is 14.5. The summed E-state index contributed by atoms with van der Waals surface area (Å²) in [6.45, 7) is 39.4. The molecule has 0 aromatic rings. The lowest BCUT2D eigenvalue weighted by Crippen LogP contribution is -2.49. The van der Waals surface area contributed by atoms with E-state index >= 15 is 0 Å². The van der Waals surface area contributed by atoms with Crippen LogP contribution in [-0.2, 0) is 23.2 Å². The fraction of sp³-hybridized carbons (Fsp3) is 0.837. The number of methoxy groups -OCH3 is 1. The molecule has 0 aromatic carbocycles. The van der Waals surface area contributed by atoms with Crippen LogP contribution < -0.4 is 0 Å². The maximum Gasteiger partial charge on any atom is 0.340 e. The van der Waals surface area contributed by atoms with E-state index in [2.05, 4.69) is 113 Å². The van der Waals surface area contributed by atoms with Crippen LogP contribution in [-0.4, -0.2) is 64.7 Å². The lowest BCUT2D eigenvalue weighted by molar-refractivity contribution is -0.227. The Bertz CT molecular complexity index is 1340. The summed E-state index contributed by atoms with van der Waals surface area (Å²) in [6, 6.07) is 0.404. The van der Waals surface area contributed by atoms with Crippen LogP contribution in [0.5, 0.6) is 0 Å². The molecule has 4 fully saturated rings. The van der Waals surface area contributed by atoms with Crippen molar-refractivity contribution in [3.63, 3.8) is 0 Å². The highest BCUT2D eigenvalue weighted by atomic mass is 28.4. The summed E-state index contributed by atoms with van der Waals surface area (Å²) in [5.74, 6) is 1.51. The van der Waals surface area contributed by atoms with Crippen LogP contribution >= 0.6 is 0 Å². The van der Waals surface area contributed by atoms with Crippen LogP contribution in [0.25, 0.3) is 0 Å². The number of hydrogen-bond acceptors (Lipinski definition) is 6. The molecule has 51 heavy (non-hydrogen) atoms. The third-order valence-corrected chi connectivity index (χ3v) is 23.5. The van der Waals surface area contributed by atoms with Gasteiger partial charge in [-0.15, -0.1) is 0 Å². The van der Waals surface area contributed by atoms with E-state index in [4.69, 9.17) is 25.0 Å². The summed E-state index contributed by atoms with van der Waals surface area (Å²) in [4.78, 5) is 19.0. The molecule has 0 spiro atoms. The molecule has 3 aliphatic carbocycles. The summed E-state index contributed by atoms with van der Waals surface area (Å²) in [7, 11) is -2.51. The van der Waals surface area contributed by atoms with Crippen molar-refractivity contribution in [3.8, 4) is 0 Å². The minimum atomic E-state index is -2.01. The van der Waals surface area contributed by atoms with Crippen molar-refractivity contribution < 1.29 is 23.2 Å². The molecule has 0 N–H and O–H groups in total. The Morgan fingerprint density at radius 1 is 1.00 bits per heavy atom. The van der Waals surface area contributed by atoms with E-state index in [0.717, 1.165) is 24.8 Å². The fourth-order valence-corrected chi connectivity index (χ4v) is 12.2. The molecule has 1 heterocycles. The van der Waals surface area contributed by atoms with Crippen molar-refractivity contribution in [3.05, 3.63) is 35.5 Å². The van der Waals surface area contributed by atoms with Crippen molar-refractivity contribution in [2.45, 2.75) is 200 Å². The minimum absolute atomic E-state index is 0.00148. The second-order valence-corrected chi connectivity index (χ2v) is 30.2. The molecule has 8 atom stereocenters. The smallest absolute Gasteiger partial charge is 0.340 e. The molecule has 4 rings (SSSR count). The van der Waals surface area contributed by atoms with Gasteiger partial charge in [-0.2, -0.15) is 5.06 Å². The maximum absolute atomic E-state index is 12.7. The summed E-state index contributed by atoms with van der Waals surface area (Å²) >= 11 is 0. The molecule has 1 saturated heterocycles. The molecular weight excluding hydrogens is 667 g/mol. The summed E-state index contributed by atoms with van der Waals surface area (Å²) in [5.41, 5.74) is 3.48. The Morgan fingerprint density at radius 3 is 2.18 bits per heavy atom. The number of ether oxygens (including phenoxy) is 1. The summed E-state index contributed by atoms with van der Waals surface area (Å²) in [6.07, 6.45) is 14.8. The van der Waals surface area contributed by atoms with Gasteiger partial charge in [0.15, 0.2) is 22.2 Å². The predicted octanol–water partition coefficient (Wildman–Crippen LogP) is 11.6. The van der Waals surface area contributed by atoms with Gasteiger partial charge in [-0.1, -0.05) is 79.7 Å². The quantitative estimate of drug-likeness (QED) is 0.164. The first-order valence-electron chi connectivity index (χ1n) is 20.3. The van der Waals surface area contributed by atoms with Crippen molar-refractivity contribution in [2.75, 3.05) is 7.11 Å². The zero-order chi connectivity index (χ0) is 38.5. The fourth-order valence-electron chi connectivity index (χ4n) is 9.51. The topological polar surface area (TPSA) is 57.2 Å². The van der Waals surface area contributed by atoms with Gasteiger partial charge in [0.1, 0.15) is 0 Å². The number of rotatable bonds is 10. The van der Waals surface area contributed by atoms with Crippen LogP contribution in [0.15, 0.2) is 35.5 Å². The van der Waals surface area contributed by atoms with E-state index in [9.17, 15) is 4.79 Å². The molecule has 3 saturated carbocycles. The average molecular weight is 744 g/mol. The maximum atomic E-state index is 12.7. The minimum Gasteiger partial charge on any atom is -0.467 e. The molecule has 292 valence electrons. The van der Waals surface area contributed by atoms with Gasteiger partial charge < -0.3 is 13.6 Å². The SMILES string of the molecule is C=C1C(=CC=C2CCC[C@]3(C)[C@@H]([C@H](C)CC4CC(C)(C(=O)OC)ON4C(C)C)CC[C@@H]23)C[C@@H](O[Si](C)(C)C(C)(C)C)C[C@@H]1O[Si](C)(C)C(C)(C)C. The Kier molecular flexibility index (Phi) is 12.8. The molecule has 8 heteroatoms. The first kappa shape index (κ1) is 42.7. The van der Waals surface area contributed by atoms with Gasteiger partial charge >= 0.3 is 5.97 Å². The van der Waals surface area contributed by atoms with Crippen LogP contribution in [0.4, 0.5) is 0 Å². The Labute approximate surface area is 315 Å². The Balaban J connectivity index is 1.57. The van der Waals surface area contributed by atoms with E-state index in [-0.39, 0.29) is 45.8 Å². The first-order valence-corrected chi connectivity index (χ1v) is 26.1. The number of carbonyl (C=O) groups excluding carboxylic acids is 1. The molecule has 6 nitrogen and oxygen atoms in total. The number of fused-ring (bicyclic) bond motifs is 1. The van der Waals surface area contributed by atoms with Crippen molar-refractivity contribution >= 4 is 22.6 Å². The second kappa shape index (κ2) is 15.2. The zero-order valence-electron chi connectivity index (χ0n) is 35.8. The average Bonchev–Trinajstić information content (AvgIpc) is 3.53. The lowest BCUT2D eigenvalue weighted by Gasteiger charge is -2.46. The molecule has 1 aliphatic heterocycles. The van der Waals surface area contributed by atoms with Gasteiger partial charge in [0.25, 0.3) is 0 Å². The van der Waals surface area contributed by atoms with Gasteiger partial charge in [0.05, 0.1) is 19.3 Å². The van der Waals surface area contributed by atoms with E-state index < -0.39 is 22.2 Å². The Morgan fingerprint density at radius 2 is 1.61 bits per heavy atom. The molecular formula is C43H77NO5Si2. The lowest BCUT2D eigenvalue weighted by atomic mass is 9.60. The van der Waals surface area contributed by atoms with Gasteiger partial charge in [-0.05, 0) is 136 Å². The molecule has 0 amide bonds. The molecule has 0 bridgehead atoms. The molecule has 2 unspecified atom stereocenters. The van der Waals surface area contributed by atoms with Gasteiger partial charge in [-0.3, -0.25) is 4.84 Å². The number of hydroxylamine groups is 2. The summed E-state index contributed by atoms with van der Waals surface area (Å²) in [5, 5.41) is 2.38. The molecule has 4 aliphatic rings. The second-order valence-electron chi connectivity index (χ2n) is 20.7. The number of esters is 1. The standard InChI is InChI=1S/C43H77NO5Si2/c1-29(2)44-34(28-43(12,49-44)39(45)46-13)25-30(3)36-22-23-37-32(19-18-24-42(36,37)11)20-21-33-26-35(47-50(14,15)40(5,6)7)27-38(31(33)4)48-51(16,17)41(8,9)10/h20-21,29-30,34-38H,4,18-19,22-28H2,1-3,5-17H3/t30-,34?,35-,36-,37+,38+,42-,43?/m1/s1. The third kappa shape index (κ3) is 8.93. The van der Waals surface area contributed by atoms with Crippen LogP contribution in [0.1, 0.15) is 134 Å². The van der Waals surface area contributed by atoms with E-state index in [1.807, 2.05) is 6.92 Å². The molecule has 0 aromatic heterocycles. The first-order chi connectivity index (χ1) is 23.3. The Hall–Kier alpha value is -1.04. The number of allylic oxidation sites excluding steroid dienone is 3. The molecule has 0 radical (unpaired) electrons. The van der Waals surface area contributed by atoms with E-state index in [1.54, 1.807) is 5.57 Å². The van der Waals surface area contributed by atoms with Gasteiger partial charge in [0, 0.05) is 24.9 Å². The highest BCUT2D eigenvalue weighted by Gasteiger charge is 2.54. The van der Waals surface area contributed by atoms with Gasteiger partial charge in [-0.25, -0.2) is 4.79 Å². The van der Waals surface area contributed by atoms with Crippen LogP contribution in [0, 0.1) is 23.2 Å². The zero-order valence-corrected chi connectivity index (χ0v) is 37.8. The van der Waals surface area contributed by atoms with Crippen molar-refractivity contribution in [2.24, 2.45) is 23.2 Å². The van der Waals surface area contributed by atoms with E-state index in [1.165, 1.54) is 44.8 Å². The number of hydrogen-bond donors (Lipinski definition) is 0. The van der Waals surface area contributed by atoms with Crippen molar-refractivity contribution in [1.82, 2.24) is 5.06 Å². The normalized spacial score (nSPS) is 35.2. The predicted molar refractivity (Wildman–Crippen MR) is 218 cm³/mol. The van der Waals surface area contributed by atoms with Gasteiger partial charge in [0.2, 0.25) is 0 Å². The highest BCUT2D eigenvalue weighted by Crippen LogP contribution is 2.60. The van der Waals surface area contributed by atoms with E-state index in [0.29, 0.717) is 24.2 Å². The highest BCUT2D eigenvalue weighted by molar-refractivity contribution is 6.74. The number of nitrogens with zero attached hydrogens (tertiary/aromatic N) is 1. The summed E-state index contributed by atoms with van der Waals surface area (Å²) < 4.78 is 19.4.